The molecule has 0 unspecified atom stereocenters. The summed E-state index contributed by atoms with van der Waals surface area (Å²) in [7, 11) is -0.381. The maximum absolute atomic E-state index is 12.3. The molecular weight excluding hydrogens is 355 g/mol. The number of ether oxygens (including phenoxy) is 1. The van der Waals surface area contributed by atoms with Crippen molar-refractivity contribution in [3.63, 3.8) is 0 Å². The van der Waals surface area contributed by atoms with Crippen LogP contribution in [-0.2, 0) is 14.0 Å². The number of carbonyl (C=O) groups is 1. The average Bonchev–Trinajstić information content (AvgIpc) is 2.81. The van der Waals surface area contributed by atoms with Gasteiger partial charge < -0.3 is 18.9 Å². The van der Waals surface area contributed by atoms with Gasteiger partial charge in [-0.1, -0.05) is 0 Å². The van der Waals surface area contributed by atoms with Gasteiger partial charge in [0.15, 0.2) is 0 Å². The lowest BCUT2D eigenvalue weighted by molar-refractivity contribution is 0.00578. The Hall–Kier alpha value is -1.60. The van der Waals surface area contributed by atoms with E-state index in [-0.39, 0.29) is 24.4 Å². The summed E-state index contributed by atoms with van der Waals surface area (Å²) >= 11 is 0. The van der Waals surface area contributed by atoms with Gasteiger partial charge in [-0.2, -0.15) is 0 Å². The quantitative estimate of drug-likeness (QED) is 0.726. The molecule has 7 heteroatoms. The molecular formula is C21H33BN2O4. The number of aromatic nitrogens is 1. The summed E-state index contributed by atoms with van der Waals surface area (Å²) in [6.45, 7) is 15.3. The molecule has 2 saturated heterocycles. The Balaban J connectivity index is 1.64. The Morgan fingerprint density at radius 3 is 2.29 bits per heavy atom. The summed E-state index contributed by atoms with van der Waals surface area (Å²) in [5, 5.41) is 0. The zero-order chi connectivity index (χ0) is 20.7. The first kappa shape index (κ1) is 21.1. The monoisotopic (exact) mass is 388 g/mol. The largest absolute Gasteiger partial charge is 0.494 e. The third-order valence-electron chi connectivity index (χ3n) is 5.90. The highest BCUT2D eigenvalue weighted by Crippen LogP contribution is 2.36. The van der Waals surface area contributed by atoms with Crippen LogP contribution in [0.1, 0.15) is 72.9 Å². The fraction of sp³-hybridized carbons (Fsp3) is 0.714. The molecule has 0 saturated carbocycles. The topological polar surface area (TPSA) is 60.9 Å². The molecule has 0 N–H and O–H groups in total. The van der Waals surface area contributed by atoms with Gasteiger partial charge in [0.2, 0.25) is 0 Å². The number of nitrogens with zero attached hydrogens (tertiary/aromatic N) is 2. The van der Waals surface area contributed by atoms with Crippen LogP contribution >= 0.6 is 0 Å². The highest BCUT2D eigenvalue weighted by atomic mass is 16.7. The lowest BCUT2D eigenvalue weighted by Crippen LogP contribution is -2.41. The molecule has 2 aliphatic heterocycles. The minimum atomic E-state index is -0.466. The van der Waals surface area contributed by atoms with E-state index in [4.69, 9.17) is 14.0 Å². The maximum Gasteiger partial charge on any atom is 0.494 e. The predicted octanol–water partition coefficient (Wildman–Crippen LogP) is 3.50. The highest BCUT2D eigenvalue weighted by molar-refractivity contribution is 6.62. The minimum Gasteiger partial charge on any atom is -0.444 e. The van der Waals surface area contributed by atoms with Gasteiger partial charge in [-0.3, -0.25) is 4.98 Å². The third-order valence-corrected chi connectivity index (χ3v) is 5.90. The molecule has 0 aromatic carbocycles. The van der Waals surface area contributed by atoms with E-state index >= 15 is 0 Å². The normalized spacial score (nSPS) is 22.4. The van der Waals surface area contributed by atoms with Crippen molar-refractivity contribution in [3.8, 4) is 0 Å². The van der Waals surface area contributed by atoms with E-state index in [2.05, 4.69) is 38.7 Å². The third kappa shape index (κ3) is 4.52. The number of hydrogen-bond acceptors (Lipinski definition) is 5. The number of pyridine rings is 1. The van der Waals surface area contributed by atoms with Crippen LogP contribution in [0.2, 0.25) is 0 Å². The summed E-state index contributed by atoms with van der Waals surface area (Å²) in [6.07, 6.45) is 3.35. The van der Waals surface area contributed by atoms with Crippen LogP contribution in [0.3, 0.4) is 0 Å². The molecule has 2 fully saturated rings. The van der Waals surface area contributed by atoms with Crippen molar-refractivity contribution in [2.45, 2.75) is 84.0 Å². The average molecular weight is 388 g/mol. The van der Waals surface area contributed by atoms with Crippen LogP contribution in [0.5, 0.6) is 0 Å². The zero-order valence-electron chi connectivity index (χ0n) is 18.2. The van der Waals surface area contributed by atoms with Crippen LogP contribution in [0, 0.1) is 0 Å². The standard InChI is InChI=1S/C21H33BN2O4/c1-19(2,3)26-18(25)24-12-9-15(10-13-24)17-14-16(8-11-23-17)22-27-20(4,5)21(6,7)28-22/h8,11,14-15H,9-10,12-13H2,1-7H3. The summed E-state index contributed by atoms with van der Waals surface area (Å²) in [5.41, 5.74) is 0.848. The Kier molecular flexibility index (Phi) is 5.54. The molecule has 6 nitrogen and oxygen atoms in total. The van der Waals surface area contributed by atoms with Gasteiger partial charge in [0.25, 0.3) is 0 Å². The Morgan fingerprint density at radius 1 is 1.18 bits per heavy atom. The second-order valence-electron chi connectivity index (χ2n) is 9.84. The summed E-state index contributed by atoms with van der Waals surface area (Å²) in [4.78, 5) is 18.6. The molecule has 0 aliphatic carbocycles. The van der Waals surface area contributed by atoms with Gasteiger partial charge in [-0.25, -0.2) is 4.79 Å². The number of likely N-dealkylation sites (tertiary alicyclic amines) is 1. The maximum atomic E-state index is 12.3. The Bertz CT molecular complexity index is 705. The molecule has 1 aromatic rings. The first-order chi connectivity index (χ1) is 12.9. The van der Waals surface area contributed by atoms with Gasteiger partial charge in [-0.15, -0.1) is 0 Å². The molecule has 28 heavy (non-hydrogen) atoms. The van der Waals surface area contributed by atoms with Gasteiger partial charge in [0.05, 0.1) is 11.2 Å². The van der Waals surface area contributed by atoms with Crippen LogP contribution in [0.4, 0.5) is 4.79 Å². The molecule has 1 amide bonds. The van der Waals surface area contributed by atoms with E-state index in [0.717, 1.165) is 24.0 Å². The Labute approximate surface area is 169 Å². The summed E-state index contributed by atoms with van der Waals surface area (Å²) < 4.78 is 17.8. The number of piperidine rings is 1. The predicted molar refractivity (Wildman–Crippen MR) is 110 cm³/mol. The van der Waals surface area contributed by atoms with Crippen LogP contribution < -0.4 is 5.46 Å². The van der Waals surface area contributed by atoms with Gasteiger partial charge in [0, 0.05) is 30.9 Å². The van der Waals surface area contributed by atoms with Crippen molar-refractivity contribution in [2.24, 2.45) is 0 Å². The van der Waals surface area contributed by atoms with Gasteiger partial charge in [-0.05, 0) is 78.9 Å². The van der Waals surface area contributed by atoms with Crippen molar-refractivity contribution >= 4 is 18.7 Å². The number of amides is 1. The van der Waals surface area contributed by atoms with E-state index in [9.17, 15) is 4.79 Å². The van der Waals surface area contributed by atoms with E-state index in [0.29, 0.717) is 19.0 Å². The SMILES string of the molecule is CC(C)(C)OC(=O)N1CCC(c2cc(B3OC(C)(C)C(C)(C)O3)ccn2)CC1. The van der Waals surface area contributed by atoms with E-state index in [1.165, 1.54) is 0 Å². The van der Waals surface area contributed by atoms with Crippen LogP contribution in [0.15, 0.2) is 18.3 Å². The lowest BCUT2D eigenvalue weighted by atomic mass is 9.78. The van der Waals surface area contributed by atoms with E-state index in [1.807, 2.05) is 33.0 Å². The van der Waals surface area contributed by atoms with Crippen molar-refractivity contribution in [1.29, 1.82) is 0 Å². The summed E-state index contributed by atoms with van der Waals surface area (Å²) in [6, 6.07) is 4.05. The molecule has 0 bridgehead atoms. The minimum absolute atomic E-state index is 0.232. The van der Waals surface area contributed by atoms with Crippen molar-refractivity contribution in [3.05, 3.63) is 24.0 Å². The van der Waals surface area contributed by atoms with Gasteiger partial charge in [0.1, 0.15) is 5.60 Å². The molecule has 0 spiro atoms. The van der Waals surface area contributed by atoms with Crippen molar-refractivity contribution in [2.75, 3.05) is 13.1 Å². The molecule has 154 valence electrons. The molecule has 3 rings (SSSR count). The number of hydrogen-bond donors (Lipinski definition) is 0. The van der Waals surface area contributed by atoms with Crippen LogP contribution in [-0.4, -0.2) is 53.0 Å². The lowest BCUT2D eigenvalue weighted by Gasteiger charge is -2.33. The fourth-order valence-electron chi connectivity index (χ4n) is 3.50. The molecule has 0 radical (unpaired) electrons. The molecule has 0 atom stereocenters. The summed E-state index contributed by atoms with van der Waals surface area (Å²) in [5.74, 6) is 0.320. The van der Waals surface area contributed by atoms with Crippen molar-refractivity contribution in [1.82, 2.24) is 9.88 Å². The zero-order valence-corrected chi connectivity index (χ0v) is 18.2. The molecule has 1 aromatic heterocycles. The van der Waals surface area contributed by atoms with Crippen LogP contribution in [0.25, 0.3) is 0 Å². The van der Waals surface area contributed by atoms with E-state index < -0.39 is 5.60 Å². The van der Waals surface area contributed by atoms with Gasteiger partial charge >= 0.3 is 13.2 Å². The van der Waals surface area contributed by atoms with E-state index in [1.54, 1.807) is 4.90 Å². The fourth-order valence-corrected chi connectivity index (χ4v) is 3.50. The highest BCUT2D eigenvalue weighted by Gasteiger charge is 2.51. The number of rotatable bonds is 2. The molecule has 3 heterocycles. The van der Waals surface area contributed by atoms with Crippen molar-refractivity contribution < 1.29 is 18.8 Å². The smallest absolute Gasteiger partial charge is 0.444 e. The first-order valence-corrected chi connectivity index (χ1v) is 10.2. The first-order valence-electron chi connectivity index (χ1n) is 10.2. The number of carbonyl (C=O) groups excluding carboxylic acids is 1. The second kappa shape index (κ2) is 7.34. The Morgan fingerprint density at radius 2 is 1.75 bits per heavy atom. The second-order valence-corrected chi connectivity index (χ2v) is 9.84. The molecule has 2 aliphatic rings.